The van der Waals surface area contributed by atoms with Gasteiger partial charge in [0.05, 0.1) is 0 Å². The van der Waals surface area contributed by atoms with Crippen molar-refractivity contribution in [2.45, 2.75) is 12.8 Å². The first-order valence-electron chi connectivity index (χ1n) is 4.57. The van der Waals surface area contributed by atoms with Crippen LogP contribution in [0.3, 0.4) is 0 Å². The number of hydrogen-bond donors (Lipinski definition) is 0. The van der Waals surface area contributed by atoms with E-state index in [0.717, 1.165) is 25.9 Å². The molecule has 1 aromatic rings. The summed E-state index contributed by atoms with van der Waals surface area (Å²) in [5.41, 5.74) is 2.85. The largest absolute Gasteiger partial charge is 0.306 e. The fourth-order valence-electron chi connectivity index (χ4n) is 1.72. The monoisotopic (exact) mass is 240 g/mol. The number of pyridine rings is 1. The molecule has 0 aromatic carbocycles. The second-order valence-corrected chi connectivity index (χ2v) is 4.42. The molecule has 0 fully saturated rings. The van der Waals surface area contributed by atoms with E-state index < -0.39 is 0 Å². The lowest BCUT2D eigenvalue weighted by molar-refractivity contribution is 0.352. The highest BCUT2D eigenvalue weighted by Crippen LogP contribution is 2.22. The molecule has 1 aliphatic rings. The van der Waals surface area contributed by atoms with Gasteiger partial charge in [0.2, 0.25) is 0 Å². The Labute approximate surface area is 87.1 Å². The van der Waals surface area contributed by atoms with Crippen molar-refractivity contribution in [2.75, 3.05) is 20.1 Å². The van der Waals surface area contributed by atoms with Crippen LogP contribution in [0.1, 0.15) is 11.1 Å². The van der Waals surface area contributed by atoms with Crippen molar-refractivity contribution in [2.24, 2.45) is 0 Å². The minimum atomic E-state index is 1.12. The number of fused-ring (bicyclic) bond motifs is 1. The summed E-state index contributed by atoms with van der Waals surface area (Å²) in [5, 5.41) is 0. The molecule has 0 N–H and O–H groups in total. The zero-order valence-corrected chi connectivity index (χ0v) is 9.34. The molecule has 2 heterocycles. The Hall–Kier alpha value is -0.410. The molecule has 3 heteroatoms. The lowest BCUT2D eigenvalue weighted by Crippen LogP contribution is -2.20. The molecular weight excluding hydrogens is 228 g/mol. The summed E-state index contributed by atoms with van der Waals surface area (Å²) in [6.45, 7) is 2.29. The Balaban J connectivity index is 2.35. The fourth-order valence-corrected chi connectivity index (χ4v) is 2.29. The van der Waals surface area contributed by atoms with Gasteiger partial charge in [0.15, 0.2) is 0 Å². The van der Waals surface area contributed by atoms with Crippen LogP contribution < -0.4 is 0 Å². The van der Waals surface area contributed by atoms with Crippen LogP contribution in [0.15, 0.2) is 16.9 Å². The minimum absolute atomic E-state index is 1.12. The Kier molecular flexibility index (Phi) is 2.65. The van der Waals surface area contributed by atoms with Crippen LogP contribution in [-0.4, -0.2) is 30.0 Å². The second-order valence-electron chi connectivity index (χ2n) is 3.56. The van der Waals surface area contributed by atoms with Gasteiger partial charge in [0.25, 0.3) is 0 Å². The lowest BCUT2D eigenvalue weighted by atomic mass is 10.1. The molecule has 0 spiro atoms. The molecule has 0 amide bonds. The van der Waals surface area contributed by atoms with Gasteiger partial charge in [-0.2, -0.15) is 0 Å². The van der Waals surface area contributed by atoms with E-state index in [0.29, 0.717) is 0 Å². The van der Waals surface area contributed by atoms with Crippen LogP contribution in [0, 0.1) is 0 Å². The predicted octanol–water partition coefficient (Wildman–Crippen LogP) is 1.87. The summed E-state index contributed by atoms with van der Waals surface area (Å²) in [6.07, 6.45) is 6.15. The second kappa shape index (κ2) is 3.76. The maximum atomic E-state index is 4.20. The third-order valence-corrected chi connectivity index (χ3v) is 3.28. The van der Waals surface area contributed by atoms with Gasteiger partial charge in [0.1, 0.15) is 0 Å². The summed E-state index contributed by atoms with van der Waals surface area (Å²) in [5.74, 6) is 0. The maximum Gasteiger partial charge on any atom is 0.0413 e. The molecule has 70 valence electrons. The van der Waals surface area contributed by atoms with Gasteiger partial charge in [-0.1, -0.05) is 0 Å². The molecule has 13 heavy (non-hydrogen) atoms. The van der Waals surface area contributed by atoms with Gasteiger partial charge in [-0.15, -0.1) is 0 Å². The van der Waals surface area contributed by atoms with Crippen molar-refractivity contribution >= 4 is 15.9 Å². The maximum absolute atomic E-state index is 4.20. The van der Waals surface area contributed by atoms with E-state index >= 15 is 0 Å². The third kappa shape index (κ3) is 1.92. The van der Waals surface area contributed by atoms with E-state index in [1.54, 1.807) is 0 Å². The van der Waals surface area contributed by atoms with Crippen molar-refractivity contribution in [3.63, 3.8) is 0 Å². The first-order chi connectivity index (χ1) is 6.27. The molecule has 0 radical (unpaired) electrons. The summed E-state index contributed by atoms with van der Waals surface area (Å²) in [4.78, 5) is 6.57. The van der Waals surface area contributed by atoms with E-state index in [9.17, 15) is 0 Å². The number of aromatic nitrogens is 1. The molecule has 2 nitrogen and oxygen atoms in total. The summed E-state index contributed by atoms with van der Waals surface area (Å²) in [7, 11) is 2.17. The Morgan fingerprint density at radius 1 is 1.31 bits per heavy atom. The molecule has 0 aliphatic carbocycles. The van der Waals surface area contributed by atoms with Crippen molar-refractivity contribution < 1.29 is 0 Å². The molecule has 1 aliphatic heterocycles. The van der Waals surface area contributed by atoms with Crippen molar-refractivity contribution in [1.82, 2.24) is 9.88 Å². The van der Waals surface area contributed by atoms with E-state index in [1.807, 2.05) is 12.4 Å². The number of rotatable bonds is 0. The van der Waals surface area contributed by atoms with Gasteiger partial charge >= 0.3 is 0 Å². The summed E-state index contributed by atoms with van der Waals surface area (Å²) >= 11 is 3.56. The number of nitrogens with zero attached hydrogens (tertiary/aromatic N) is 2. The molecule has 0 unspecified atom stereocenters. The van der Waals surface area contributed by atoms with Crippen LogP contribution in [0.4, 0.5) is 0 Å². The lowest BCUT2D eigenvalue weighted by Gasteiger charge is -2.10. The van der Waals surface area contributed by atoms with Gasteiger partial charge in [0, 0.05) is 30.0 Å². The molecular formula is C10H13BrN2. The van der Waals surface area contributed by atoms with Gasteiger partial charge < -0.3 is 4.90 Å². The standard InChI is InChI=1S/C10H13BrN2/c1-13-4-2-8-6-12-7-10(11)9(8)3-5-13/h6-7H,2-5H2,1H3. The van der Waals surface area contributed by atoms with E-state index in [2.05, 4.69) is 32.9 Å². The summed E-state index contributed by atoms with van der Waals surface area (Å²) < 4.78 is 1.17. The smallest absolute Gasteiger partial charge is 0.0413 e. The highest BCUT2D eigenvalue weighted by molar-refractivity contribution is 9.10. The first-order valence-corrected chi connectivity index (χ1v) is 5.36. The average molecular weight is 241 g/mol. The molecule has 1 aromatic heterocycles. The molecule has 0 saturated carbocycles. The Bertz CT molecular complexity index is 312. The van der Waals surface area contributed by atoms with Crippen LogP contribution >= 0.6 is 15.9 Å². The first kappa shape index (κ1) is 9.16. The van der Waals surface area contributed by atoms with Crippen LogP contribution in [0.25, 0.3) is 0 Å². The highest BCUT2D eigenvalue weighted by atomic mass is 79.9. The van der Waals surface area contributed by atoms with E-state index in [1.165, 1.54) is 15.6 Å². The number of hydrogen-bond acceptors (Lipinski definition) is 2. The number of halogens is 1. The van der Waals surface area contributed by atoms with E-state index in [4.69, 9.17) is 0 Å². The molecule has 2 rings (SSSR count). The molecule has 0 saturated heterocycles. The normalized spacial score (nSPS) is 18.0. The van der Waals surface area contributed by atoms with Gasteiger partial charge in [-0.3, -0.25) is 4.98 Å². The average Bonchev–Trinajstić information content (AvgIpc) is 2.30. The summed E-state index contributed by atoms with van der Waals surface area (Å²) in [6, 6.07) is 0. The van der Waals surface area contributed by atoms with Crippen molar-refractivity contribution in [1.29, 1.82) is 0 Å². The van der Waals surface area contributed by atoms with Gasteiger partial charge in [-0.05, 0) is 46.9 Å². The minimum Gasteiger partial charge on any atom is -0.306 e. The van der Waals surface area contributed by atoms with Crippen molar-refractivity contribution in [3.8, 4) is 0 Å². The van der Waals surface area contributed by atoms with Crippen LogP contribution in [0.2, 0.25) is 0 Å². The SMILES string of the molecule is CN1CCc2cncc(Br)c2CC1. The fraction of sp³-hybridized carbons (Fsp3) is 0.500. The van der Waals surface area contributed by atoms with Gasteiger partial charge in [-0.25, -0.2) is 0 Å². The van der Waals surface area contributed by atoms with Crippen LogP contribution in [0.5, 0.6) is 0 Å². The zero-order valence-electron chi connectivity index (χ0n) is 7.76. The third-order valence-electron chi connectivity index (χ3n) is 2.60. The quantitative estimate of drug-likeness (QED) is 0.689. The zero-order chi connectivity index (χ0) is 9.26. The Morgan fingerprint density at radius 3 is 2.92 bits per heavy atom. The Morgan fingerprint density at radius 2 is 2.08 bits per heavy atom. The molecule has 0 atom stereocenters. The highest BCUT2D eigenvalue weighted by Gasteiger charge is 2.13. The topological polar surface area (TPSA) is 16.1 Å². The van der Waals surface area contributed by atoms with Crippen LogP contribution in [-0.2, 0) is 12.8 Å². The molecule has 0 bridgehead atoms. The number of likely N-dealkylation sites (N-methyl/N-ethyl adjacent to an activating group) is 1. The predicted molar refractivity (Wildman–Crippen MR) is 56.8 cm³/mol. The van der Waals surface area contributed by atoms with Crippen molar-refractivity contribution in [3.05, 3.63) is 28.0 Å². The van der Waals surface area contributed by atoms with E-state index in [-0.39, 0.29) is 0 Å².